The lowest BCUT2D eigenvalue weighted by Crippen LogP contribution is -2.40. The Morgan fingerprint density at radius 1 is 1.58 bits per heavy atom. The van der Waals surface area contributed by atoms with Crippen LogP contribution in [-0.4, -0.2) is 45.8 Å². The van der Waals surface area contributed by atoms with Gasteiger partial charge in [0.25, 0.3) is 0 Å². The molecular formula is C8H15NO3. The van der Waals surface area contributed by atoms with Gasteiger partial charge in [0.05, 0.1) is 6.10 Å². The Kier molecular flexibility index (Phi) is 2.69. The first-order valence-electron chi connectivity index (χ1n) is 4.19. The van der Waals surface area contributed by atoms with E-state index in [9.17, 15) is 9.90 Å². The topological polar surface area (TPSA) is 60.8 Å². The van der Waals surface area contributed by atoms with Crippen LogP contribution >= 0.6 is 0 Å². The largest absolute Gasteiger partial charge is 0.480 e. The predicted octanol–water partition coefficient (Wildman–Crippen LogP) is -0.0854. The van der Waals surface area contributed by atoms with E-state index < -0.39 is 18.1 Å². The molecule has 1 rings (SSSR count). The van der Waals surface area contributed by atoms with Crippen molar-refractivity contribution in [1.29, 1.82) is 0 Å². The first kappa shape index (κ1) is 9.48. The van der Waals surface area contributed by atoms with Crippen molar-refractivity contribution in [2.24, 2.45) is 0 Å². The lowest BCUT2D eigenvalue weighted by Gasteiger charge is -2.24. The molecule has 0 aromatic rings. The van der Waals surface area contributed by atoms with Crippen molar-refractivity contribution in [1.82, 2.24) is 4.90 Å². The van der Waals surface area contributed by atoms with Gasteiger partial charge in [0.15, 0.2) is 0 Å². The summed E-state index contributed by atoms with van der Waals surface area (Å²) in [5, 5.41) is 18.1. The Balaban J connectivity index is 2.65. The van der Waals surface area contributed by atoms with Crippen LogP contribution in [0.4, 0.5) is 0 Å². The van der Waals surface area contributed by atoms with Gasteiger partial charge in [-0.2, -0.15) is 0 Å². The normalized spacial score (nSPS) is 31.3. The Morgan fingerprint density at radius 3 is 2.50 bits per heavy atom. The summed E-state index contributed by atoms with van der Waals surface area (Å²) < 4.78 is 0. The zero-order valence-corrected chi connectivity index (χ0v) is 7.40. The Hall–Kier alpha value is -0.610. The molecule has 1 aliphatic rings. The lowest BCUT2D eigenvalue weighted by molar-refractivity contribution is -0.142. The van der Waals surface area contributed by atoms with Crippen LogP contribution in [-0.2, 0) is 4.79 Å². The second-order valence-corrected chi connectivity index (χ2v) is 3.53. The highest BCUT2D eigenvalue weighted by Gasteiger charge is 2.36. The van der Waals surface area contributed by atoms with E-state index in [0.717, 1.165) is 0 Å². The van der Waals surface area contributed by atoms with E-state index in [4.69, 9.17) is 5.11 Å². The highest BCUT2D eigenvalue weighted by molar-refractivity contribution is 5.74. The molecule has 1 aliphatic heterocycles. The average Bonchev–Trinajstić information content (AvgIpc) is 2.31. The maximum absolute atomic E-state index is 10.7. The van der Waals surface area contributed by atoms with Gasteiger partial charge in [-0.05, 0) is 13.8 Å². The van der Waals surface area contributed by atoms with Crippen LogP contribution in [0.1, 0.15) is 20.3 Å². The third-order valence-electron chi connectivity index (χ3n) is 2.27. The van der Waals surface area contributed by atoms with Crippen molar-refractivity contribution in [2.45, 2.75) is 38.5 Å². The second kappa shape index (κ2) is 3.41. The summed E-state index contributed by atoms with van der Waals surface area (Å²) in [6.07, 6.45) is -0.124. The Morgan fingerprint density at radius 2 is 2.17 bits per heavy atom. The molecule has 1 fully saturated rings. The molecule has 0 aromatic carbocycles. The van der Waals surface area contributed by atoms with Crippen LogP contribution < -0.4 is 0 Å². The molecule has 0 aliphatic carbocycles. The molecule has 0 saturated carbocycles. The summed E-state index contributed by atoms with van der Waals surface area (Å²) >= 11 is 0. The number of carboxylic acids is 1. The van der Waals surface area contributed by atoms with Gasteiger partial charge in [-0.25, -0.2) is 0 Å². The molecule has 0 bridgehead atoms. The molecule has 12 heavy (non-hydrogen) atoms. The molecule has 1 heterocycles. The average molecular weight is 173 g/mol. The SMILES string of the molecule is CC(C)N1C[C@@H](O)C[C@H]1C(=O)O. The van der Waals surface area contributed by atoms with Crippen molar-refractivity contribution >= 4 is 5.97 Å². The van der Waals surface area contributed by atoms with Crippen molar-refractivity contribution in [3.8, 4) is 0 Å². The van der Waals surface area contributed by atoms with Gasteiger partial charge in [0.1, 0.15) is 6.04 Å². The number of nitrogens with zero attached hydrogens (tertiary/aromatic N) is 1. The molecule has 70 valence electrons. The van der Waals surface area contributed by atoms with E-state index in [0.29, 0.717) is 13.0 Å². The molecule has 0 amide bonds. The van der Waals surface area contributed by atoms with E-state index in [-0.39, 0.29) is 6.04 Å². The molecule has 4 nitrogen and oxygen atoms in total. The zero-order chi connectivity index (χ0) is 9.30. The summed E-state index contributed by atoms with van der Waals surface area (Å²) in [4.78, 5) is 12.5. The van der Waals surface area contributed by atoms with E-state index in [1.807, 2.05) is 18.7 Å². The zero-order valence-electron chi connectivity index (χ0n) is 7.40. The number of aliphatic carboxylic acids is 1. The molecule has 0 radical (unpaired) electrons. The van der Waals surface area contributed by atoms with Crippen LogP contribution in [0.3, 0.4) is 0 Å². The standard InChI is InChI=1S/C8H15NO3/c1-5(2)9-4-6(10)3-7(9)8(11)12/h5-7,10H,3-4H2,1-2H3,(H,11,12)/t6-,7-/m0/s1. The number of rotatable bonds is 2. The van der Waals surface area contributed by atoms with Gasteiger partial charge in [-0.3, -0.25) is 9.69 Å². The van der Waals surface area contributed by atoms with Gasteiger partial charge < -0.3 is 10.2 Å². The molecule has 2 atom stereocenters. The second-order valence-electron chi connectivity index (χ2n) is 3.53. The summed E-state index contributed by atoms with van der Waals surface area (Å²) in [5.74, 6) is -0.833. The van der Waals surface area contributed by atoms with Crippen molar-refractivity contribution in [3.05, 3.63) is 0 Å². The third-order valence-corrected chi connectivity index (χ3v) is 2.27. The summed E-state index contributed by atoms with van der Waals surface area (Å²) in [7, 11) is 0. The van der Waals surface area contributed by atoms with E-state index in [2.05, 4.69) is 0 Å². The fraction of sp³-hybridized carbons (Fsp3) is 0.875. The molecule has 4 heteroatoms. The minimum absolute atomic E-state index is 0.184. The van der Waals surface area contributed by atoms with Gasteiger partial charge >= 0.3 is 5.97 Å². The first-order valence-corrected chi connectivity index (χ1v) is 4.19. The highest BCUT2D eigenvalue weighted by Crippen LogP contribution is 2.20. The van der Waals surface area contributed by atoms with Crippen LogP contribution in [0.15, 0.2) is 0 Å². The summed E-state index contributed by atoms with van der Waals surface area (Å²) in [5.41, 5.74) is 0. The van der Waals surface area contributed by atoms with E-state index in [1.54, 1.807) is 0 Å². The number of likely N-dealkylation sites (tertiary alicyclic amines) is 1. The van der Waals surface area contributed by atoms with E-state index >= 15 is 0 Å². The molecule has 2 N–H and O–H groups in total. The van der Waals surface area contributed by atoms with Gasteiger partial charge in [-0.15, -0.1) is 0 Å². The third kappa shape index (κ3) is 1.76. The first-order chi connectivity index (χ1) is 5.52. The number of hydrogen-bond acceptors (Lipinski definition) is 3. The van der Waals surface area contributed by atoms with Gasteiger partial charge in [-0.1, -0.05) is 0 Å². The fourth-order valence-corrected chi connectivity index (χ4v) is 1.65. The Bertz CT molecular complexity index is 181. The van der Waals surface area contributed by atoms with Crippen LogP contribution in [0.25, 0.3) is 0 Å². The predicted molar refractivity (Wildman–Crippen MR) is 43.9 cm³/mol. The number of aliphatic hydroxyl groups excluding tert-OH is 1. The molecule has 1 saturated heterocycles. The van der Waals surface area contributed by atoms with Crippen LogP contribution in [0.5, 0.6) is 0 Å². The number of hydrogen-bond donors (Lipinski definition) is 2. The summed E-state index contributed by atoms with van der Waals surface area (Å²) in [6, 6.07) is -0.316. The van der Waals surface area contributed by atoms with Crippen molar-refractivity contribution in [2.75, 3.05) is 6.54 Å². The fourth-order valence-electron chi connectivity index (χ4n) is 1.65. The number of aliphatic hydroxyl groups is 1. The monoisotopic (exact) mass is 173 g/mol. The highest BCUT2D eigenvalue weighted by atomic mass is 16.4. The number of β-amino-alcohol motifs (C(OH)–C–C–N with tert-alkyl or cyclic N) is 1. The van der Waals surface area contributed by atoms with Crippen LogP contribution in [0.2, 0.25) is 0 Å². The summed E-state index contributed by atoms with van der Waals surface area (Å²) in [6.45, 7) is 4.36. The molecular weight excluding hydrogens is 158 g/mol. The smallest absolute Gasteiger partial charge is 0.321 e. The maximum atomic E-state index is 10.7. The van der Waals surface area contributed by atoms with E-state index in [1.165, 1.54) is 0 Å². The maximum Gasteiger partial charge on any atom is 0.321 e. The van der Waals surface area contributed by atoms with Gasteiger partial charge in [0.2, 0.25) is 0 Å². The van der Waals surface area contributed by atoms with Gasteiger partial charge in [0, 0.05) is 19.0 Å². The lowest BCUT2D eigenvalue weighted by atomic mass is 10.2. The quantitative estimate of drug-likeness (QED) is 0.613. The van der Waals surface area contributed by atoms with Crippen LogP contribution in [0, 0.1) is 0 Å². The number of carbonyl (C=O) groups is 1. The molecule has 0 aromatic heterocycles. The van der Waals surface area contributed by atoms with Crippen molar-refractivity contribution in [3.63, 3.8) is 0 Å². The Labute approximate surface area is 71.8 Å². The molecule has 0 spiro atoms. The minimum Gasteiger partial charge on any atom is -0.480 e. The number of carboxylic acid groups (broad SMARTS) is 1. The molecule has 0 unspecified atom stereocenters. The minimum atomic E-state index is -0.833. The van der Waals surface area contributed by atoms with Crippen molar-refractivity contribution < 1.29 is 15.0 Å².